The topological polar surface area (TPSA) is 137 Å². The Morgan fingerprint density at radius 1 is 0.909 bits per heavy atom. The molecule has 1 aliphatic rings. The molecule has 1 aliphatic heterocycles. The molecule has 292 valence electrons. The first-order chi connectivity index (χ1) is 26.4. The molecule has 5 rings (SSSR count). The predicted molar refractivity (Wildman–Crippen MR) is 203 cm³/mol. The van der Waals surface area contributed by atoms with E-state index in [0.29, 0.717) is 28.2 Å². The second kappa shape index (κ2) is 18.7. The molecular formula is C40H45F2N4O8P. The number of methoxy groups -OCH3 is 2. The first kappa shape index (κ1) is 41.4. The summed E-state index contributed by atoms with van der Waals surface area (Å²) in [5.74, 6) is 1.20. The van der Waals surface area contributed by atoms with Crippen LogP contribution in [0.4, 0.5) is 8.78 Å². The van der Waals surface area contributed by atoms with Gasteiger partial charge in [0.05, 0.1) is 45.5 Å². The van der Waals surface area contributed by atoms with Crippen molar-refractivity contribution in [2.75, 3.05) is 27.4 Å². The van der Waals surface area contributed by atoms with E-state index in [1.807, 2.05) is 93.0 Å². The van der Waals surface area contributed by atoms with Gasteiger partial charge in [-0.05, 0) is 68.7 Å². The highest BCUT2D eigenvalue weighted by atomic mass is 31.2. The summed E-state index contributed by atoms with van der Waals surface area (Å²) in [6.07, 6.45) is -5.41. The number of benzene rings is 3. The Bertz CT molecular complexity index is 1990. The summed E-state index contributed by atoms with van der Waals surface area (Å²) in [4.78, 5) is 27.5. The number of hydrogen-bond acceptors (Lipinski definition) is 10. The highest BCUT2D eigenvalue weighted by Crippen LogP contribution is 2.53. The smallest absolute Gasteiger partial charge is 0.330 e. The Kier molecular flexibility index (Phi) is 14.1. The standard InChI is InChI=1S/C40H45F2N4O8P/c1-26(2)46(27(3)4)55(52-24-10-22-43)54-36-35(37(41)42)33(53-38(36)45-23-21-34(47)44-39(45)48)25-51-40(28-11-8-7-9-12-28,29-13-17-31(49-5)18-14-29)30-15-19-32(50-6)20-16-30/h7-9,11-21,23,26-27,33,36,38H,10,24-25H2,1-6H3,(H,44,47,48)/t33-,36-,38-,55?/m1/s1. The van der Waals surface area contributed by atoms with E-state index >= 15 is 8.78 Å². The molecule has 2 heterocycles. The zero-order valence-electron chi connectivity index (χ0n) is 31.5. The second-order valence-electron chi connectivity index (χ2n) is 13.1. The Morgan fingerprint density at radius 2 is 1.47 bits per heavy atom. The van der Waals surface area contributed by atoms with Crippen molar-refractivity contribution in [1.29, 1.82) is 5.26 Å². The quantitative estimate of drug-likeness (QED) is 0.0662. The number of nitriles is 1. The fourth-order valence-electron chi connectivity index (χ4n) is 6.62. The molecule has 0 aliphatic carbocycles. The lowest BCUT2D eigenvalue weighted by molar-refractivity contribution is -0.0843. The number of nitrogens with one attached hydrogen (secondary N) is 1. The molecule has 1 aromatic heterocycles. The molecule has 55 heavy (non-hydrogen) atoms. The van der Waals surface area contributed by atoms with Gasteiger partial charge in [-0.2, -0.15) is 14.0 Å². The number of nitrogens with zero attached hydrogens (tertiary/aromatic N) is 3. The number of ether oxygens (including phenoxy) is 4. The molecule has 1 unspecified atom stereocenters. The molecule has 0 saturated carbocycles. The van der Waals surface area contributed by atoms with Crippen molar-refractivity contribution < 1.29 is 36.8 Å². The maximum atomic E-state index is 15.5. The lowest BCUT2D eigenvalue weighted by atomic mass is 9.80. The summed E-state index contributed by atoms with van der Waals surface area (Å²) in [7, 11) is 1.02. The van der Waals surface area contributed by atoms with Crippen LogP contribution in [0.1, 0.15) is 57.0 Å². The van der Waals surface area contributed by atoms with Crippen LogP contribution in [-0.2, 0) is 24.1 Å². The van der Waals surface area contributed by atoms with Crippen LogP contribution in [0.5, 0.6) is 11.5 Å². The van der Waals surface area contributed by atoms with Gasteiger partial charge >= 0.3 is 5.69 Å². The van der Waals surface area contributed by atoms with Crippen molar-refractivity contribution in [2.24, 2.45) is 0 Å². The van der Waals surface area contributed by atoms with Gasteiger partial charge in [-0.15, -0.1) is 0 Å². The van der Waals surface area contributed by atoms with Crippen LogP contribution in [0, 0.1) is 11.3 Å². The molecule has 4 atom stereocenters. The van der Waals surface area contributed by atoms with Gasteiger partial charge in [-0.25, -0.2) is 9.46 Å². The number of hydrogen-bond donors (Lipinski definition) is 1. The Balaban J connectivity index is 1.65. The molecule has 15 heteroatoms. The Morgan fingerprint density at radius 3 is 1.96 bits per heavy atom. The molecule has 0 amide bonds. The molecule has 1 N–H and O–H groups in total. The van der Waals surface area contributed by atoms with Gasteiger partial charge in [0.25, 0.3) is 20.2 Å². The molecule has 0 spiro atoms. The number of aromatic amines is 1. The van der Waals surface area contributed by atoms with Crippen molar-refractivity contribution >= 4 is 8.53 Å². The molecule has 0 bridgehead atoms. The number of aromatic nitrogens is 2. The lowest BCUT2D eigenvalue weighted by Crippen LogP contribution is -2.38. The van der Waals surface area contributed by atoms with Crippen molar-refractivity contribution in [3.63, 3.8) is 0 Å². The molecule has 1 fully saturated rings. The first-order valence-electron chi connectivity index (χ1n) is 17.7. The largest absolute Gasteiger partial charge is 0.497 e. The first-order valence-corrected chi connectivity index (χ1v) is 18.8. The fraction of sp³-hybridized carbons (Fsp3) is 0.375. The monoisotopic (exact) mass is 778 g/mol. The minimum atomic E-state index is -2.10. The van der Waals surface area contributed by atoms with Crippen LogP contribution in [0.3, 0.4) is 0 Å². The van der Waals surface area contributed by atoms with E-state index in [-0.39, 0.29) is 25.1 Å². The Labute approximate surface area is 319 Å². The van der Waals surface area contributed by atoms with E-state index in [1.165, 1.54) is 6.20 Å². The van der Waals surface area contributed by atoms with Crippen molar-refractivity contribution in [1.82, 2.24) is 14.2 Å². The van der Waals surface area contributed by atoms with Crippen LogP contribution in [0.15, 0.2) is 112 Å². The van der Waals surface area contributed by atoms with Crippen LogP contribution in [0.2, 0.25) is 0 Å². The van der Waals surface area contributed by atoms with Gasteiger partial charge in [0.1, 0.15) is 29.3 Å². The fourth-order valence-corrected chi connectivity index (χ4v) is 8.34. The maximum Gasteiger partial charge on any atom is 0.330 e. The van der Waals surface area contributed by atoms with Crippen LogP contribution in [-0.4, -0.2) is 65.9 Å². The summed E-state index contributed by atoms with van der Waals surface area (Å²) >= 11 is 0. The SMILES string of the molecule is COc1ccc(C(OC[C@H]2O[C@@H](n3ccc(=O)[nH]c3=O)[C@H](OP(OCCC#N)N(C(C)C)C(C)C)C2=C(F)F)(c2ccccc2)c2ccc(OC)cc2)cc1. The van der Waals surface area contributed by atoms with Gasteiger partial charge in [-0.1, -0.05) is 54.6 Å². The zero-order chi connectivity index (χ0) is 39.7. The lowest BCUT2D eigenvalue weighted by Gasteiger charge is -2.37. The van der Waals surface area contributed by atoms with Crippen molar-refractivity contribution in [2.45, 2.75) is 70.2 Å². The van der Waals surface area contributed by atoms with Gasteiger partial charge in [0, 0.05) is 24.3 Å². The molecule has 0 radical (unpaired) electrons. The van der Waals surface area contributed by atoms with E-state index in [4.69, 9.17) is 28.0 Å². The second-order valence-corrected chi connectivity index (χ2v) is 14.5. The number of rotatable bonds is 17. The average Bonchev–Trinajstić information content (AvgIpc) is 3.53. The van der Waals surface area contributed by atoms with Gasteiger partial charge in [0.2, 0.25) is 0 Å². The third kappa shape index (κ3) is 9.22. The van der Waals surface area contributed by atoms with Crippen molar-refractivity contribution in [3.05, 3.63) is 140 Å². The van der Waals surface area contributed by atoms with E-state index in [2.05, 4.69) is 4.98 Å². The Hall–Kier alpha value is -4.74. The van der Waals surface area contributed by atoms with E-state index < -0.39 is 62.1 Å². The van der Waals surface area contributed by atoms with Crippen LogP contribution >= 0.6 is 8.53 Å². The molecule has 3 aromatic carbocycles. The summed E-state index contributed by atoms with van der Waals surface area (Å²) in [5.41, 5.74) is -1.50. The minimum Gasteiger partial charge on any atom is -0.497 e. The number of halogens is 2. The van der Waals surface area contributed by atoms with Crippen LogP contribution in [0.25, 0.3) is 0 Å². The van der Waals surface area contributed by atoms with E-state index in [9.17, 15) is 14.9 Å². The molecule has 4 aromatic rings. The zero-order valence-corrected chi connectivity index (χ0v) is 32.4. The summed E-state index contributed by atoms with van der Waals surface area (Å²) in [5, 5.41) is 9.24. The van der Waals surface area contributed by atoms with Gasteiger partial charge in [0.15, 0.2) is 6.23 Å². The van der Waals surface area contributed by atoms with Crippen molar-refractivity contribution in [3.8, 4) is 17.6 Å². The third-order valence-electron chi connectivity index (χ3n) is 9.05. The highest BCUT2D eigenvalue weighted by Gasteiger charge is 2.49. The summed E-state index contributed by atoms with van der Waals surface area (Å²) in [6, 6.07) is 26.6. The number of H-pyrrole nitrogens is 1. The highest BCUT2D eigenvalue weighted by molar-refractivity contribution is 7.44. The summed E-state index contributed by atoms with van der Waals surface area (Å²) < 4.78 is 70.7. The molecule has 12 nitrogen and oxygen atoms in total. The minimum absolute atomic E-state index is 0.0258. The van der Waals surface area contributed by atoms with E-state index in [0.717, 1.165) is 10.6 Å². The van der Waals surface area contributed by atoms with E-state index in [1.54, 1.807) is 38.5 Å². The average molecular weight is 779 g/mol. The summed E-state index contributed by atoms with van der Waals surface area (Å²) in [6.45, 7) is 7.16. The molecular weight excluding hydrogens is 733 g/mol. The van der Waals surface area contributed by atoms with Crippen LogP contribution < -0.4 is 20.7 Å². The van der Waals surface area contributed by atoms with Gasteiger partial charge in [-0.3, -0.25) is 14.3 Å². The maximum absolute atomic E-state index is 15.5. The molecule has 1 saturated heterocycles. The normalized spacial score (nSPS) is 17.8. The predicted octanol–water partition coefficient (Wildman–Crippen LogP) is 7.27. The van der Waals surface area contributed by atoms with Gasteiger partial charge < -0.3 is 28.0 Å². The third-order valence-corrected chi connectivity index (χ3v) is 11.2.